The van der Waals surface area contributed by atoms with Crippen molar-refractivity contribution in [1.82, 2.24) is 15.5 Å². The van der Waals surface area contributed by atoms with Gasteiger partial charge in [-0.25, -0.2) is 0 Å². The first-order valence-electron chi connectivity index (χ1n) is 11.2. The highest BCUT2D eigenvalue weighted by atomic mass is 127. The number of hydrogen-bond donors (Lipinski definition) is 2. The van der Waals surface area contributed by atoms with E-state index in [-0.39, 0.29) is 24.0 Å². The zero-order chi connectivity index (χ0) is 19.3. The summed E-state index contributed by atoms with van der Waals surface area (Å²) in [6.07, 6.45) is 11.6. The molecule has 1 amide bonds. The molecule has 1 aliphatic heterocycles. The average molecular weight is 508 g/mol. The van der Waals surface area contributed by atoms with Crippen LogP contribution in [-0.2, 0) is 9.53 Å². The SMILES string of the molecule is CCNC(=NCCCOC1CCCCC1)NCCC(CC)N1CCCC1=O.I. The maximum atomic E-state index is 11.9. The van der Waals surface area contributed by atoms with Gasteiger partial charge in [-0.3, -0.25) is 9.79 Å². The van der Waals surface area contributed by atoms with Crippen LogP contribution in [0.1, 0.15) is 78.1 Å². The van der Waals surface area contributed by atoms with Crippen LogP contribution in [0.25, 0.3) is 0 Å². The van der Waals surface area contributed by atoms with Gasteiger partial charge in [-0.1, -0.05) is 26.2 Å². The molecular weight excluding hydrogens is 467 g/mol. The van der Waals surface area contributed by atoms with Crippen LogP contribution >= 0.6 is 24.0 Å². The Morgan fingerprint density at radius 2 is 2.00 bits per heavy atom. The van der Waals surface area contributed by atoms with Crippen LogP contribution in [-0.4, -0.2) is 61.7 Å². The molecule has 0 aromatic heterocycles. The Morgan fingerprint density at radius 3 is 2.64 bits per heavy atom. The molecule has 1 atom stereocenters. The molecule has 2 fully saturated rings. The molecule has 164 valence electrons. The predicted molar refractivity (Wildman–Crippen MR) is 126 cm³/mol. The molecule has 7 heteroatoms. The lowest BCUT2D eigenvalue weighted by Gasteiger charge is -2.27. The second-order valence-electron chi connectivity index (χ2n) is 7.71. The van der Waals surface area contributed by atoms with Crippen molar-refractivity contribution in [2.45, 2.75) is 90.2 Å². The molecule has 0 aromatic carbocycles. The number of amides is 1. The van der Waals surface area contributed by atoms with Crippen molar-refractivity contribution < 1.29 is 9.53 Å². The first kappa shape index (κ1) is 25.5. The van der Waals surface area contributed by atoms with Gasteiger partial charge >= 0.3 is 0 Å². The van der Waals surface area contributed by atoms with Crippen molar-refractivity contribution in [2.24, 2.45) is 4.99 Å². The maximum Gasteiger partial charge on any atom is 0.222 e. The summed E-state index contributed by atoms with van der Waals surface area (Å²) in [4.78, 5) is 18.7. The van der Waals surface area contributed by atoms with Crippen LogP contribution in [0.15, 0.2) is 4.99 Å². The molecule has 0 aromatic rings. The lowest BCUT2D eigenvalue weighted by molar-refractivity contribution is -0.129. The molecular formula is C21H41IN4O2. The number of guanidine groups is 1. The summed E-state index contributed by atoms with van der Waals surface area (Å²) >= 11 is 0. The van der Waals surface area contributed by atoms with Crippen molar-refractivity contribution in [1.29, 1.82) is 0 Å². The number of hydrogen-bond acceptors (Lipinski definition) is 3. The van der Waals surface area contributed by atoms with E-state index in [4.69, 9.17) is 4.74 Å². The second-order valence-corrected chi connectivity index (χ2v) is 7.71. The van der Waals surface area contributed by atoms with Gasteiger partial charge in [0.2, 0.25) is 5.91 Å². The van der Waals surface area contributed by atoms with Crippen LogP contribution in [0.3, 0.4) is 0 Å². The largest absolute Gasteiger partial charge is 0.378 e. The van der Waals surface area contributed by atoms with E-state index in [1.54, 1.807) is 0 Å². The Kier molecular flexibility index (Phi) is 13.9. The van der Waals surface area contributed by atoms with Crippen molar-refractivity contribution in [2.75, 3.05) is 32.8 Å². The van der Waals surface area contributed by atoms with E-state index >= 15 is 0 Å². The summed E-state index contributed by atoms with van der Waals surface area (Å²) in [7, 11) is 0. The Balaban J connectivity index is 0.00000392. The lowest BCUT2D eigenvalue weighted by Crippen LogP contribution is -2.42. The molecule has 2 N–H and O–H groups in total. The van der Waals surface area contributed by atoms with Crippen molar-refractivity contribution in [3.63, 3.8) is 0 Å². The monoisotopic (exact) mass is 508 g/mol. The van der Waals surface area contributed by atoms with Crippen LogP contribution in [0.5, 0.6) is 0 Å². The van der Waals surface area contributed by atoms with Gasteiger partial charge in [0.15, 0.2) is 5.96 Å². The van der Waals surface area contributed by atoms with E-state index in [0.29, 0.717) is 18.1 Å². The minimum Gasteiger partial charge on any atom is -0.378 e. The smallest absolute Gasteiger partial charge is 0.222 e. The summed E-state index contributed by atoms with van der Waals surface area (Å²) in [5.74, 6) is 1.19. The average Bonchev–Trinajstić information content (AvgIpc) is 3.11. The number of likely N-dealkylation sites (tertiary alicyclic amines) is 1. The van der Waals surface area contributed by atoms with Gasteiger partial charge < -0.3 is 20.3 Å². The number of carbonyl (C=O) groups excluding carboxylic acids is 1. The number of carbonyl (C=O) groups is 1. The van der Waals surface area contributed by atoms with E-state index in [0.717, 1.165) is 70.8 Å². The molecule has 2 aliphatic rings. The highest BCUT2D eigenvalue weighted by molar-refractivity contribution is 14.0. The van der Waals surface area contributed by atoms with Crippen LogP contribution in [0.4, 0.5) is 0 Å². The lowest BCUT2D eigenvalue weighted by atomic mass is 9.98. The van der Waals surface area contributed by atoms with E-state index in [1.807, 2.05) is 0 Å². The molecule has 0 bridgehead atoms. The fourth-order valence-corrected chi connectivity index (χ4v) is 4.07. The molecule has 2 rings (SSSR count). The summed E-state index contributed by atoms with van der Waals surface area (Å²) in [6, 6.07) is 0.347. The summed E-state index contributed by atoms with van der Waals surface area (Å²) in [5.41, 5.74) is 0. The van der Waals surface area contributed by atoms with Crippen molar-refractivity contribution in [3.05, 3.63) is 0 Å². The quantitative estimate of drug-likeness (QED) is 0.193. The zero-order valence-electron chi connectivity index (χ0n) is 17.9. The maximum absolute atomic E-state index is 11.9. The number of aliphatic imine (C=N–C) groups is 1. The normalized spacial score (nSPS) is 19.4. The molecule has 1 unspecified atom stereocenters. The topological polar surface area (TPSA) is 66.0 Å². The number of rotatable bonds is 11. The molecule has 1 aliphatic carbocycles. The zero-order valence-corrected chi connectivity index (χ0v) is 20.2. The Bertz CT molecular complexity index is 456. The van der Waals surface area contributed by atoms with Gasteiger partial charge in [0, 0.05) is 45.2 Å². The molecule has 28 heavy (non-hydrogen) atoms. The van der Waals surface area contributed by atoms with Crippen LogP contribution < -0.4 is 10.6 Å². The fraction of sp³-hybridized carbons (Fsp3) is 0.905. The third kappa shape index (κ3) is 9.29. The van der Waals surface area contributed by atoms with Gasteiger partial charge in [-0.2, -0.15) is 0 Å². The highest BCUT2D eigenvalue weighted by Gasteiger charge is 2.26. The number of nitrogens with zero attached hydrogens (tertiary/aromatic N) is 2. The number of nitrogens with one attached hydrogen (secondary N) is 2. The minimum absolute atomic E-state index is 0. The molecule has 6 nitrogen and oxygen atoms in total. The molecule has 0 radical (unpaired) electrons. The van der Waals surface area contributed by atoms with Gasteiger partial charge in [-0.15, -0.1) is 24.0 Å². The first-order valence-corrected chi connectivity index (χ1v) is 11.2. The molecule has 1 saturated heterocycles. The van der Waals surface area contributed by atoms with E-state index < -0.39 is 0 Å². The molecule has 0 spiro atoms. The third-order valence-electron chi connectivity index (χ3n) is 5.61. The Hall–Kier alpha value is -0.570. The van der Waals surface area contributed by atoms with Gasteiger partial charge in [0.1, 0.15) is 0 Å². The number of halogens is 1. The Morgan fingerprint density at radius 1 is 1.21 bits per heavy atom. The second kappa shape index (κ2) is 15.3. The van der Waals surface area contributed by atoms with Crippen LogP contribution in [0.2, 0.25) is 0 Å². The summed E-state index contributed by atoms with van der Waals surface area (Å²) < 4.78 is 5.97. The first-order chi connectivity index (χ1) is 13.2. The van der Waals surface area contributed by atoms with Crippen molar-refractivity contribution in [3.8, 4) is 0 Å². The van der Waals surface area contributed by atoms with Crippen LogP contribution in [0, 0.1) is 0 Å². The third-order valence-corrected chi connectivity index (χ3v) is 5.61. The summed E-state index contributed by atoms with van der Waals surface area (Å²) in [6.45, 7) is 8.46. The standard InChI is InChI=1S/C21H40N4O2.HI/c1-3-18(25-16-8-12-20(25)26)13-15-24-21(22-4-2)23-14-9-17-27-19-10-6-5-7-11-19;/h18-19H,3-17H2,1-2H3,(H2,22,23,24);1H. The van der Waals surface area contributed by atoms with Gasteiger partial charge in [0.25, 0.3) is 0 Å². The molecule has 1 heterocycles. The fourth-order valence-electron chi connectivity index (χ4n) is 4.07. The van der Waals surface area contributed by atoms with E-state index in [9.17, 15) is 4.79 Å². The molecule has 1 saturated carbocycles. The van der Waals surface area contributed by atoms with Crippen molar-refractivity contribution >= 4 is 35.8 Å². The van der Waals surface area contributed by atoms with E-state index in [1.165, 1.54) is 32.1 Å². The predicted octanol–water partition coefficient (Wildman–Crippen LogP) is 3.69. The van der Waals surface area contributed by atoms with Gasteiger partial charge in [0.05, 0.1) is 6.10 Å². The highest BCUT2D eigenvalue weighted by Crippen LogP contribution is 2.20. The summed E-state index contributed by atoms with van der Waals surface area (Å²) in [5, 5.41) is 6.73. The number of ether oxygens (including phenoxy) is 1. The van der Waals surface area contributed by atoms with E-state index in [2.05, 4.69) is 34.4 Å². The Labute approximate surface area is 188 Å². The van der Waals surface area contributed by atoms with Gasteiger partial charge in [-0.05, 0) is 45.4 Å². The minimum atomic E-state index is 0.